The van der Waals surface area contributed by atoms with Crippen molar-refractivity contribution in [1.82, 2.24) is 5.32 Å². The summed E-state index contributed by atoms with van der Waals surface area (Å²) >= 11 is 0. The van der Waals surface area contributed by atoms with Crippen LogP contribution in [0.4, 0.5) is 4.79 Å². The van der Waals surface area contributed by atoms with Crippen molar-refractivity contribution in [2.24, 2.45) is 11.3 Å². The van der Waals surface area contributed by atoms with E-state index in [0.29, 0.717) is 6.42 Å². The summed E-state index contributed by atoms with van der Waals surface area (Å²) in [5, 5.41) is 12.3. The van der Waals surface area contributed by atoms with Crippen LogP contribution in [0.5, 0.6) is 0 Å². The van der Waals surface area contributed by atoms with Crippen LogP contribution in [-0.4, -0.2) is 28.8 Å². The fraction of sp³-hybridized carbons (Fsp3) is 0.857. The average Bonchev–Trinajstić information content (AvgIpc) is 2.70. The van der Waals surface area contributed by atoms with Gasteiger partial charge in [0.05, 0.1) is 5.41 Å². The Kier molecular flexibility index (Phi) is 3.49. The van der Waals surface area contributed by atoms with E-state index < -0.39 is 23.1 Å². The number of aliphatic carboxylic acids is 1. The molecule has 1 amide bonds. The maximum absolute atomic E-state index is 11.7. The van der Waals surface area contributed by atoms with Crippen LogP contribution >= 0.6 is 0 Å². The first-order chi connectivity index (χ1) is 8.73. The van der Waals surface area contributed by atoms with Crippen LogP contribution < -0.4 is 5.32 Å². The molecule has 0 unspecified atom stereocenters. The lowest BCUT2D eigenvalue weighted by molar-refractivity contribution is -0.150. The number of carbonyl (C=O) groups excluding carboxylic acids is 1. The Balaban J connectivity index is 1.95. The zero-order chi connectivity index (χ0) is 14.3. The van der Waals surface area contributed by atoms with E-state index >= 15 is 0 Å². The highest BCUT2D eigenvalue weighted by molar-refractivity contribution is 5.76. The number of carboxylic acid groups (broad SMARTS) is 1. The highest BCUT2D eigenvalue weighted by Gasteiger charge is 2.55. The molecule has 5 nitrogen and oxygen atoms in total. The van der Waals surface area contributed by atoms with E-state index in [9.17, 15) is 14.7 Å². The van der Waals surface area contributed by atoms with E-state index in [-0.39, 0.29) is 12.0 Å². The molecular weight excluding hydrogens is 246 g/mol. The molecule has 2 fully saturated rings. The number of ether oxygens (including phenoxy) is 1. The second kappa shape index (κ2) is 4.69. The second-order valence-electron chi connectivity index (χ2n) is 6.83. The molecule has 0 bridgehead atoms. The fourth-order valence-corrected chi connectivity index (χ4v) is 3.58. The van der Waals surface area contributed by atoms with Crippen molar-refractivity contribution in [2.45, 2.75) is 64.5 Å². The highest BCUT2D eigenvalue weighted by atomic mass is 16.6. The fourth-order valence-electron chi connectivity index (χ4n) is 3.58. The molecular formula is C14H23NO4. The third kappa shape index (κ3) is 2.85. The lowest BCUT2D eigenvalue weighted by Gasteiger charge is -2.24. The summed E-state index contributed by atoms with van der Waals surface area (Å²) in [6, 6.07) is -0.0729. The Hall–Kier alpha value is -1.26. The third-order valence-corrected chi connectivity index (χ3v) is 4.28. The molecule has 2 aliphatic rings. The van der Waals surface area contributed by atoms with Crippen LogP contribution in [0, 0.1) is 11.3 Å². The van der Waals surface area contributed by atoms with E-state index in [4.69, 9.17) is 4.74 Å². The summed E-state index contributed by atoms with van der Waals surface area (Å²) in [6.07, 6.45) is 3.52. The molecule has 0 spiro atoms. The third-order valence-electron chi connectivity index (χ3n) is 4.28. The lowest BCUT2D eigenvalue weighted by Crippen LogP contribution is -2.39. The van der Waals surface area contributed by atoms with Gasteiger partial charge in [-0.1, -0.05) is 6.42 Å². The van der Waals surface area contributed by atoms with Gasteiger partial charge >= 0.3 is 12.1 Å². The Morgan fingerprint density at radius 3 is 2.58 bits per heavy atom. The highest BCUT2D eigenvalue weighted by Crippen LogP contribution is 2.54. The van der Waals surface area contributed by atoms with Crippen molar-refractivity contribution in [2.75, 3.05) is 0 Å². The van der Waals surface area contributed by atoms with Gasteiger partial charge in [0.2, 0.25) is 0 Å². The second-order valence-corrected chi connectivity index (χ2v) is 6.83. The largest absolute Gasteiger partial charge is 0.481 e. The first-order valence-corrected chi connectivity index (χ1v) is 6.96. The van der Waals surface area contributed by atoms with Crippen LogP contribution in [0.1, 0.15) is 52.9 Å². The van der Waals surface area contributed by atoms with Crippen molar-refractivity contribution in [1.29, 1.82) is 0 Å². The number of hydrogen-bond acceptors (Lipinski definition) is 3. The van der Waals surface area contributed by atoms with E-state index in [1.165, 1.54) is 0 Å². The van der Waals surface area contributed by atoms with Gasteiger partial charge in [-0.3, -0.25) is 4.79 Å². The number of rotatable bonds is 2. The molecule has 19 heavy (non-hydrogen) atoms. The van der Waals surface area contributed by atoms with Gasteiger partial charge in [0.25, 0.3) is 0 Å². The van der Waals surface area contributed by atoms with Crippen molar-refractivity contribution >= 4 is 12.1 Å². The molecule has 3 atom stereocenters. The van der Waals surface area contributed by atoms with Gasteiger partial charge in [0.1, 0.15) is 5.60 Å². The molecule has 0 aromatic heterocycles. The standard InChI is InChI=1S/C14H23NO4/c1-13(2,3)19-12(18)15-10-7-9-5-4-6-14(9,8-10)11(16)17/h9-10H,4-8H2,1-3H3,(H,15,18)(H,16,17)/t9-,10-,14-/m1/s1. The smallest absolute Gasteiger partial charge is 0.407 e. The molecule has 0 aromatic carbocycles. The quantitative estimate of drug-likeness (QED) is 0.807. The van der Waals surface area contributed by atoms with Gasteiger partial charge in [0.15, 0.2) is 0 Å². The van der Waals surface area contributed by atoms with Gasteiger partial charge in [-0.25, -0.2) is 4.79 Å². The number of nitrogens with one attached hydrogen (secondary N) is 1. The van der Waals surface area contributed by atoms with Gasteiger partial charge in [-0.05, 0) is 52.4 Å². The van der Waals surface area contributed by atoms with Gasteiger partial charge < -0.3 is 15.2 Å². The molecule has 0 aliphatic heterocycles. The molecule has 2 rings (SSSR count). The summed E-state index contributed by atoms with van der Waals surface area (Å²) in [6.45, 7) is 5.44. The molecule has 2 N–H and O–H groups in total. The molecule has 0 radical (unpaired) electrons. The van der Waals surface area contributed by atoms with Crippen LogP contribution in [0.2, 0.25) is 0 Å². The van der Waals surface area contributed by atoms with Crippen LogP contribution in [0.15, 0.2) is 0 Å². The number of carboxylic acids is 1. The normalized spacial score (nSPS) is 33.8. The van der Waals surface area contributed by atoms with E-state index in [2.05, 4.69) is 5.32 Å². The van der Waals surface area contributed by atoms with E-state index in [1.807, 2.05) is 20.8 Å². The molecule has 5 heteroatoms. The van der Waals surface area contributed by atoms with Gasteiger partial charge in [-0.15, -0.1) is 0 Å². The Labute approximate surface area is 113 Å². The number of hydrogen-bond donors (Lipinski definition) is 2. The zero-order valence-corrected chi connectivity index (χ0v) is 11.9. The Morgan fingerprint density at radius 1 is 1.37 bits per heavy atom. The average molecular weight is 269 g/mol. The van der Waals surface area contributed by atoms with E-state index in [1.54, 1.807) is 0 Å². The topological polar surface area (TPSA) is 75.6 Å². The SMILES string of the molecule is CC(C)(C)OC(=O)N[C@@H]1C[C@H]2CCC[C@@]2(C(=O)O)C1. The summed E-state index contributed by atoms with van der Waals surface area (Å²) in [5.41, 5.74) is -1.14. The van der Waals surface area contributed by atoms with Crippen LogP contribution in [0.25, 0.3) is 0 Å². The summed E-state index contributed by atoms with van der Waals surface area (Å²) in [4.78, 5) is 23.2. The predicted octanol–water partition coefficient (Wildman–Crippen LogP) is 2.54. The van der Waals surface area contributed by atoms with Crippen molar-refractivity contribution in [3.05, 3.63) is 0 Å². The van der Waals surface area contributed by atoms with Crippen molar-refractivity contribution in [3.63, 3.8) is 0 Å². The maximum atomic E-state index is 11.7. The Bertz CT molecular complexity index is 387. The predicted molar refractivity (Wildman–Crippen MR) is 69.8 cm³/mol. The first-order valence-electron chi connectivity index (χ1n) is 6.96. The van der Waals surface area contributed by atoms with Crippen LogP contribution in [0.3, 0.4) is 0 Å². The van der Waals surface area contributed by atoms with Crippen molar-refractivity contribution < 1.29 is 19.4 Å². The lowest BCUT2D eigenvalue weighted by atomic mass is 9.80. The van der Waals surface area contributed by atoms with E-state index in [0.717, 1.165) is 25.7 Å². The molecule has 0 heterocycles. The maximum Gasteiger partial charge on any atom is 0.407 e. The first kappa shape index (κ1) is 14.2. The molecule has 0 aromatic rings. The molecule has 108 valence electrons. The Morgan fingerprint density at radius 2 is 2.05 bits per heavy atom. The minimum Gasteiger partial charge on any atom is -0.481 e. The minimum atomic E-state index is -0.705. The number of fused-ring (bicyclic) bond motifs is 1. The number of alkyl carbamates (subject to hydrolysis) is 1. The molecule has 0 saturated heterocycles. The van der Waals surface area contributed by atoms with Crippen LogP contribution in [-0.2, 0) is 9.53 Å². The summed E-state index contributed by atoms with van der Waals surface area (Å²) < 4.78 is 5.22. The summed E-state index contributed by atoms with van der Waals surface area (Å²) in [5.74, 6) is -0.506. The molecule has 2 aliphatic carbocycles. The minimum absolute atomic E-state index is 0.0729. The monoisotopic (exact) mass is 269 g/mol. The number of amides is 1. The van der Waals surface area contributed by atoms with Gasteiger partial charge in [0, 0.05) is 6.04 Å². The zero-order valence-electron chi connectivity index (χ0n) is 11.9. The van der Waals surface area contributed by atoms with Gasteiger partial charge in [-0.2, -0.15) is 0 Å². The number of carbonyl (C=O) groups is 2. The summed E-state index contributed by atoms with van der Waals surface area (Å²) in [7, 11) is 0. The molecule has 2 saturated carbocycles. The van der Waals surface area contributed by atoms with Crippen molar-refractivity contribution in [3.8, 4) is 0 Å².